The molecule has 0 aromatic carbocycles. The molecular weight excluding hydrogens is 344 g/mol. The average Bonchev–Trinajstić information content (AvgIpc) is 2.94. The Bertz CT molecular complexity index is 569. The standard InChI is InChI=1S/C22H38O5/c1-13(2)15-9-12-22(6,27-14(3)23)17-16(15)18-20(4,24)10-7-8-11-21(5,25)19(17)26-18/h13,15-19,24-25H,7-12H2,1-6H3. The van der Waals surface area contributed by atoms with E-state index < -0.39 is 22.9 Å². The zero-order chi connectivity index (χ0) is 20.2. The number of fused-ring (bicyclic) bond motifs is 5. The van der Waals surface area contributed by atoms with Gasteiger partial charge in [0.25, 0.3) is 0 Å². The molecule has 2 bridgehead atoms. The molecule has 5 heteroatoms. The third-order valence-electron chi connectivity index (χ3n) is 7.63. The molecule has 8 unspecified atom stereocenters. The zero-order valence-corrected chi connectivity index (χ0v) is 17.8. The topological polar surface area (TPSA) is 76.0 Å². The largest absolute Gasteiger partial charge is 0.459 e. The lowest BCUT2D eigenvalue weighted by atomic mass is 9.56. The van der Waals surface area contributed by atoms with E-state index in [-0.39, 0.29) is 23.9 Å². The van der Waals surface area contributed by atoms with Crippen LogP contribution < -0.4 is 0 Å². The van der Waals surface area contributed by atoms with E-state index in [4.69, 9.17) is 9.47 Å². The summed E-state index contributed by atoms with van der Waals surface area (Å²) in [5.74, 6) is 0.461. The maximum Gasteiger partial charge on any atom is 0.303 e. The first-order valence-corrected chi connectivity index (χ1v) is 10.7. The lowest BCUT2D eigenvalue weighted by Crippen LogP contribution is -2.58. The van der Waals surface area contributed by atoms with Gasteiger partial charge in [-0.2, -0.15) is 0 Å². The van der Waals surface area contributed by atoms with Crippen LogP contribution in [0.25, 0.3) is 0 Å². The number of rotatable bonds is 2. The van der Waals surface area contributed by atoms with E-state index >= 15 is 0 Å². The lowest BCUT2D eigenvalue weighted by Gasteiger charge is -2.51. The molecule has 8 atom stereocenters. The molecule has 0 radical (unpaired) electrons. The minimum Gasteiger partial charge on any atom is -0.459 e. The van der Waals surface area contributed by atoms with Gasteiger partial charge in [0.1, 0.15) is 5.60 Å². The van der Waals surface area contributed by atoms with Crippen LogP contribution in [0.4, 0.5) is 0 Å². The molecule has 156 valence electrons. The van der Waals surface area contributed by atoms with E-state index in [1.165, 1.54) is 6.92 Å². The number of hydrogen-bond acceptors (Lipinski definition) is 5. The van der Waals surface area contributed by atoms with E-state index in [0.29, 0.717) is 24.7 Å². The molecular formula is C22H38O5. The van der Waals surface area contributed by atoms with Crippen molar-refractivity contribution in [2.45, 2.75) is 109 Å². The lowest BCUT2D eigenvalue weighted by molar-refractivity contribution is -0.185. The summed E-state index contributed by atoms with van der Waals surface area (Å²) in [7, 11) is 0. The van der Waals surface area contributed by atoms with Gasteiger partial charge in [0, 0.05) is 18.8 Å². The van der Waals surface area contributed by atoms with E-state index in [9.17, 15) is 15.0 Å². The molecule has 27 heavy (non-hydrogen) atoms. The predicted molar refractivity (Wildman–Crippen MR) is 103 cm³/mol. The van der Waals surface area contributed by atoms with Crippen molar-refractivity contribution in [2.75, 3.05) is 0 Å². The fourth-order valence-electron chi connectivity index (χ4n) is 6.32. The number of carbonyl (C=O) groups is 1. The number of carbonyl (C=O) groups excluding carboxylic acids is 1. The fraction of sp³-hybridized carbons (Fsp3) is 0.955. The van der Waals surface area contributed by atoms with Crippen molar-refractivity contribution in [3.05, 3.63) is 0 Å². The highest BCUT2D eigenvalue weighted by molar-refractivity contribution is 5.66. The SMILES string of the molecule is CC(=O)OC1(C)CCC(C(C)C)C2C3OC(C21)C(C)(O)CCCCC3(C)O. The molecule has 5 nitrogen and oxygen atoms in total. The molecule has 3 rings (SSSR count). The van der Waals surface area contributed by atoms with Gasteiger partial charge >= 0.3 is 5.97 Å². The monoisotopic (exact) mass is 382 g/mol. The van der Waals surface area contributed by atoms with Crippen molar-refractivity contribution in [3.8, 4) is 0 Å². The quantitative estimate of drug-likeness (QED) is 0.716. The molecule has 1 saturated carbocycles. The van der Waals surface area contributed by atoms with Gasteiger partial charge in [0.15, 0.2) is 0 Å². The Kier molecular flexibility index (Phi) is 5.46. The smallest absolute Gasteiger partial charge is 0.303 e. The van der Waals surface area contributed by atoms with Crippen LogP contribution in [0.15, 0.2) is 0 Å². The second-order valence-electron chi connectivity index (χ2n) is 10.4. The van der Waals surface area contributed by atoms with Gasteiger partial charge in [-0.15, -0.1) is 0 Å². The highest BCUT2D eigenvalue weighted by Crippen LogP contribution is 2.58. The molecule has 0 aromatic heterocycles. The van der Waals surface area contributed by atoms with Crippen LogP contribution in [-0.2, 0) is 14.3 Å². The van der Waals surface area contributed by atoms with Crippen LogP contribution in [0, 0.1) is 23.7 Å². The molecule has 2 heterocycles. The Balaban J connectivity index is 2.12. The van der Waals surface area contributed by atoms with E-state index in [1.54, 1.807) is 0 Å². The third-order valence-corrected chi connectivity index (χ3v) is 7.63. The molecule has 3 aliphatic rings. The van der Waals surface area contributed by atoms with Crippen molar-refractivity contribution in [3.63, 3.8) is 0 Å². The normalized spacial score (nSPS) is 50.5. The first kappa shape index (κ1) is 21.1. The van der Waals surface area contributed by atoms with E-state index in [2.05, 4.69) is 13.8 Å². The summed E-state index contributed by atoms with van der Waals surface area (Å²) >= 11 is 0. The Morgan fingerprint density at radius 1 is 1.04 bits per heavy atom. The van der Waals surface area contributed by atoms with E-state index in [1.807, 2.05) is 20.8 Å². The summed E-state index contributed by atoms with van der Waals surface area (Å²) in [5.41, 5.74) is -2.63. The first-order valence-electron chi connectivity index (χ1n) is 10.7. The van der Waals surface area contributed by atoms with Crippen molar-refractivity contribution >= 4 is 5.97 Å². The van der Waals surface area contributed by atoms with Crippen molar-refractivity contribution in [2.24, 2.45) is 23.7 Å². The molecule has 2 N–H and O–H groups in total. The van der Waals surface area contributed by atoms with Gasteiger partial charge in [-0.1, -0.05) is 26.7 Å². The van der Waals surface area contributed by atoms with Gasteiger partial charge in [-0.25, -0.2) is 0 Å². The molecule has 0 spiro atoms. The molecule has 1 aliphatic carbocycles. The number of ether oxygens (including phenoxy) is 2. The second kappa shape index (κ2) is 7.00. The number of hydrogen-bond donors (Lipinski definition) is 2. The number of aliphatic hydroxyl groups is 2. The summed E-state index contributed by atoms with van der Waals surface area (Å²) in [5, 5.41) is 22.7. The van der Waals surface area contributed by atoms with Gasteiger partial charge in [0.2, 0.25) is 0 Å². The molecule has 3 fully saturated rings. The molecule has 0 aromatic rings. The van der Waals surface area contributed by atoms with Crippen molar-refractivity contribution in [1.29, 1.82) is 0 Å². The number of esters is 1. The summed E-state index contributed by atoms with van der Waals surface area (Å²) < 4.78 is 12.4. The summed E-state index contributed by atoms with van der Waals surface area (Å²) in [6, 6.07) is 0. The van der Waals surface area contributed by atoms with Crippen LogP contribution in [0.5, 0.6) is 0 Å². The van der Waals surface area contributed by atoms with Crippen LogP contribution in [0.2, 0.25) is 0 Å². The molecule has 2 aliphatic heterocycles. The average molecular weight is 383 g/mol. The Hall–Kier alpha value is -0.650. The van der Waals surface area contributed by atoms with Gasteiger partial charge < -0.3 is 19.7 Å². The van der Waals surface area contributed by atoms with Crippen LogP contribution >= 0.6 is 0 Å². The predicted octanol–water partition coefficient (Wildman–Crippen LogP) is 3.45. The maximum absolute atomic E-state index is 11.9. The van der Waals surface area contributed by atoms with Crippen LogP contribution in [-0.4, -0.2) is 45.2 Å². The summed E-state index contributed by atoms with van der Waals surface area (Å²) in [6.45, 7) is 11.6. The van der Waals surface area contributed by atoms with Gasteiger partial charge in [-0.3, -0.25) is 4.79 Å². The van der Waals surface area contributed by atoms with Crippen LogP contribution in [0.1, 0.15) is 80.1 Å². The zero-order valence-electron chi connectivity index (χ0n) is 17.8. The van der Waals surface area contributed by atoms with E-state index in [0.717, 1.165) is 25.7 Å². The van der Waals surface area contributed by atoms with Gasteiger partial charge in [-0.05, 0) is 58.3 Å². The maximum atomic E-state index is 11.9. The Labute approximate surface area is 163 Å². The highest BCUT2D eigenvalue weighted by atomic mass is 16.6. The highest BCUT2D eigenvalue weighted by Gasteiger charge is 2.66. The second-order valence-corrected chi connectivity index (χ2v) is 10.4. The van der Waals surface area contributed by atoms with Gasteiger partial charge in [0.05, 0.1) is 23.4 Å². The Morgan fingerprint density at radius 2 is 1.59 bits per heavy atom. The minimum absolute atomic E-state index is 0.0627. The fourth-order valence-corrected chi connectivity index (χ4v) is 6.32. The van der Waals surface area contributed by atoms with Crippen LogP contribution in [0.3, 0.4) is 0 Å². The first-order chi connectivity index (χ1) is 12.4. The summed E-state index contributed by atoms with van der Waals surface area (Å²) in [4.78, 5) is 11.9. The van der Waals surface area contributed by atoms with Crippen molar-refractivity contribution in [1.82, 2.24) is 0 Å². The summed E-state index contributed by atoms with van der Waals surface area (Å²) in [6.07, 6.45) is 3.94. The molecule has 2 saturated heterocycles. The molecule has 0 amide bonds. The Morgan fingerprint density at radius 3 is 2.11 bits per heavy atom. The third kappa shape index (κ3) is 3.67. The minimum atomic E-state index is -1.00. The van der Waals surface area contributed by atoms with Crippen molar-refractivity contribution < 1.29 is 24.5 Å².